The summed E-state index contributed by atoms with van der Waals surface area (Å²) in [6, 6.07) is 0. The van der Waals surface area contributed by atoms with Crippen LogP contribution in [-0.2, 0) is 4.79 Å². The molecule has 2 N–H and O–H groups in total. The van der Waals surface area contributed by atoms with Gasteiger partial charge in [0.1, 0.15) is 0 Å². The highest BCUT2D eigenvalue weighted by Gasteiger charge is 2.10. The molecule has 80 valence electrons. The van der Waals surface area contributed by atoms with Gasteiger partial charge in [-0.1, -0.05) is 6.58 Å². The van der Waals surface area contributed by atoms with Crippen LogP contribution >= 0.6 is 11.8 Å². The smallest absolute Gasteiger partial charge is 0.244 e. The van der Waals surface area contributed by atoms with Crippen LogP contribution in [0.5, 0.6) is 0 Å². The molecule has 14 heavy (non-hydrogen) atoms. The molecule has 0 saturated carbocycles. The Labute approximate surface area is 89.7 Å². The average molecular weight is 214 g/mol. The topological polar surface area (TPSA) is 46.3 Å². The van der Waals surface area contributed by atoms with Gasteiger partial charge in [0.05, 0.1) is 0 Å². The van der Waals surface area contributed by atoms with Gasteiger partial charge >= 0.3 is 0 Å². The third-order valence-electron chi connectivity index (χ3n) is 2.41. The van der Waals surface area contributed by atoms with Gasteiger partial charge in [0.25, 0.3) is 0 Å². The molecule has 1 fully saturated rings. The molecule has 1 saturated heterocycles. The molecule has 0 bridgehead atoms. The van der Waals surface area contributed by atoms with Gasteiger partial charge in [0.15, 0.2) is 0 Å². The van der Waals surface area contributed by atoms with Crippen molar-refractivity contribution in [1.82, 2.24) is 4.90 Å². The van der Waals surface area contributed by atoms with Crippen LogP contribution in [0.15, 0.2) is 12.2 Å². The van der Waals surface area contributed by atoms with Crippen LogP contribution in [0, 0.1) is 0 Å². The number of amides is 1. The molecular formula is C10H18N2OS. The molecule has 0 aromatic carbocycles. The Bertz CT molecular complexity index is 212. The number of nitrogens with two attached hydrogens (primary N) is 1. The molecule has 1 heterocycles. The van der Waals surface area contributed by atoms with E-state index in [4.69, 9.17) is 5.73 Å². The van der Waals surface area contributed by atoms with Crippen LogP contribution in [0.2, 0.25) is 0 Å². The molecule has 0 aromatic heterocycles. The number of rotatable bonds is 5. The third-order valence-corrected chi connectivity index (χ3v) is 3.35. The minimum atomic E-state index is -0.362. The van der Waals surface area contributed by atoms with E-state index in [1.807, 2.05) is 11.8 Å². The molecule has 3 nitrogen and oxygen atoms in total. The molecule has 0 unspecified atom stereocenters. The molecule has 1 rings (SSSR count). The minimum Gasteiger partial charge on any atom is -0.366 e. The van der Waals surface area contributed by atoms with Crippen molar-refractivity contribution in [2.75, 3.05) is 31.1 Å². The molecular weight excluding hydrogens is 196 g/mol. The summed E-state index contributed by atoms with van der Waals surface area (Å²) in [4.78, 5) is 13.1. The molecule has 0 spiro atoms. The fourth-order valence-corrected chi connectivity index (χ4v) is 2.44. The Morgan fingerprint density at radius 1 is 1.43 bits per heavy atom. The zero-order valence-electron chi connectivity index (χ0n) is 8.50. The van der Waals surface area contributed by atoms with Crippen molar-refractivity contribution in [2.24, 2.45) is 5.73 Å². The van der Waals surface area contributed by atoms with Gasteiger partial charge < -0.3 is 10.6 Å². The molecule has 0 aliphatic carbocycles. The highest BCUT2D eigenvalue weighted by molar-refractivity contribution is 7.99. The van der Waals surface area contributed by atoms with E-state index in [0.29, 0.717) is 5.57 Å². The third kappa shape index (κ3) is 4.15. The molecule has 1 amide bonds. The van der Waals surface area contributed by atoms with Gasteiger partial charge in [-0.05, 0) is 19.4 Å². The Kier molecular flexibility index (Phi) is 5.04. The first-order valence-electron chi connectivity index (χ1n) is 4.98. The normalized spacial score (nSPS) is 18.0. The number of nitrogens with zero attached hydrogens (tertiary/aromatic N) is 1. The van der Waals surface area contributed by atoms with E-state index in [9.17, 15) is 4.79 Å². The fraction of sp³-hybridized carbons (Fsp3) is 0.700. The van der Waals surface area contributed by atoms with Crippen LogP contribution in [0.1, 0.15) is 12.8 Å². The number of carbonyl (C=O) groups excluding carboxylic acids is 1. The molecule has 0 aromatic rings. The number of thioether (sulfide) groups is 1. The average Bonchev–Trinajstić information content (AvgIpc) is 2.19. The SMILES string of the molecule is C=C(CCCN1CCSCC1)C(N)=O. The van der Waals surface area contributed by atoms with E-state index in [2.05, 4.69) is 11.5 Å². The second kappa shape index (κ2) is 6.09. The van der Waals surface area contributed by atoms with Crippen molar-refractivity contribution < 1.29 is 4.79 Å². The lowest BCUT2D eigenvalue weighted by Gasteiger charge is -2.25. The fourth-order valence-electron chi connectivity index (χ4n) is 1.46. The molecule has 1 aliphatic rings. The van der Waals surface area contributed by atoms with Crippen molar-refractivity contribution in [3.05, 3.63) is 12.2 Å². The first-order chi connectivity index (χ1) is 6.70. The van der Waals surface area contributed by atoms with Gasteiger partial charge in [0.2, 0.25) is 5.91 Å². The quantitative estimate of drug-likeness (QED) is 0.690. The first kappa shape index (κ1) is 11.6. The summed E-state index contributed by atoms with van der Waals surface area (Å²) in [5.74, 6) is 2.10. The van der Waals surface area contributed by atoms with E-state index >= 15 is 0 Å². The zero-order valence-corrected chi connectivity index (χ0v) is 9.31. The van der Waals surface area contributed by atoms with Crippen LogP contribution in [0.25, 0.3) is 0 Å². The summed E-state index contributed by atoms with van der Waals surface area (Å²) in [5, 5.41) is 0. The van der Waals surface area contributed by atoms with Crippen LogP contribution < -0.4 is 5.73 Å². The lowest BCUT2D eigenvalue weighted by Crippen LogP contribution is -2.33. The van der Waals surface area contributed by atoms with Gasteiger partial charge in [-0.3, -0.25) is 4.79 Å². The standard InChI is InChI=1S/C10H18N2OS/c1-9(10(11)13)3-2-4-12-5-7-14-8-6-12/h1-8H2,(H2,11,13). The molecule has 1 aliphatic heterocycles. The largest absolute Gasteiger partial charge is 0.366 e. The first-order valence-corrected chi connectivity index (χ1v) is 6.13. The number of hydrogen-bond donors (Lipinski definition) is 1. The van der Waals surface area contributed by atoms with Gasteiger partial charge in [-0.15, -0.1) is 0 Å². The highest BCUT2D eigenvalue weighted by atomic mass is 32.2. The van der Waals surface area contributed by atoms with Crippen LogP contribution in [0.3, 0.4) is 0 Å². The summed E-state index contributed by atoms with van der Waals surface area (Å²) >= 11 is 2.01. The van der Waals surface area contributed by atoms with Crippen molar-refractivity contribution in [3.63, 3.8) is 0 Å². The van der Waals surface area contributed by atoms with Gasteiger partial charge in [0, 0.05) is 30.2 Å². The maximum atomic E-state index is 10.7. The summed E-state index contributed by atoms with van der Waals surface area (Å²) in [5.41, 5.74) is 5.65. The molecule has 4 heteroatoms. The minimum absolute atomic E-state index is 0.362. The summed E-state index contributed by atoms with van der Waals surface area (Å²) in [6.07, 6.45) is 1.73. The van der Waals surface area contributed by atoms with Crippen molar-refractivity contribution in [2.45, 2.75) is 12.8 Å². The van der Waals surface area contributed by atoms with Crippen molar-refractivity contribution in [1.29, 1.82) is 0 Å². The second-order valence-electron chi connectivity index (χ2n) is 3.53. The summed E-state index contributed by atoms with van der Waals surface area (Å²) in [7, 11) is 0. The van der Waals surface area contributed by atoms with Crippen LogP contribution in [0.4, 0.5) is 0 Å². The van der Waals surface area contributed by atoms with E-state index in [-0.39, 0.29) is 5.91 Å². The lowest BCUT2D eigenvalue weighted by atomic mass is 10.1. The van der Waals surface area contributed by atoms with E-state index in [1.54, 1.807) is 0 Å². The van der Waals surface area contributed by atoms with E-state index in [0.717, 1.165) is 19.4 Å². The number of carbonyl (C=O) groups is 1. The Morgan fingerprint density at radius 2 is 2.07 bits per heavy atom. The summed E-state index contributed by atoms with van der Waals surface area (Å²) < 4.78 is 0. The van der Waals surface area contributed by atoms with Gasteiger partial charge in [-0.2, -0.15) is 11.8 Å². The summed E-state index contributed by atoms with van der Waals surface area (Å²) in [6.45, 7) is 7.05. The van der Waals surface area contributed by atoms with Gasteiger partial charge in [-0.25, -0.2) is 0 Å². The number of hydrogen-bond acceptors (Lipinski definition) is 3. The maximum Gasteiger partial charge on any atom is 0.244 e. The van der Waals surface area contributed by atoms with Crippen LogP contribution in [-0.4, -0.2) is 41.9 Å². The predicted octanol–water partition coefficient (Wildman–Crippen LogP) is 0.857. The Balaban J connectivity index is 2.08. The molecule has 0 radical (unpaired) electrons. The monoisotopic (exact) mass is 214 g/mol. The van der Waals surface area contributed by atoms with Crippen molar-refractivity contribution in [3.8, 4) is 0 Å². The highest BCUT2D eigenvalue weighted by Crippen LogP contribution is 2.10. The molecule has 0 atom stereocenters. The van der Waals surface area contributed by atoms with E-state index in [1.165, 1.54) is 24.6 Å². The zero-order chi connectivity index (χ0) is 10.4. The Morgan fingerprint density at radius 3 is 2.64 bits per heavy atom. The van der Waals surface area contributed by atoms with Crippen molar-refractivity contribution >= 4 is 17.7 Å². The second-order valence-corrected chi connectivity index (χ2v) is 4.75. The maximum absolute atomic E-state index is 10.7. The number of primary amides is 1. The lowest BCUT2D eigenvalue weighted by molar-refractivity contribution is -0.114. The van der Waals surface area contributed by atoms with E-state index < -0.39 is 0 Å². The predicted molar refractivity (Wildman–Crippen MR) is 61.3 cm³/mol. The Hall–Kier alpha value is -0.480.